The molecule has 0 spiro atoms. The van der Waals surface area contributed by atoms with Gasteiger partial charge in [-0.05, 0) is 16.7 Å². The van der Waals surface area contributed by atoms with Gasteiger partial charge in [0.2, 0.25) is 5.91 Å². The summed E-state index contributed by atoms with van der Waals surface area (Å²) in [6.07, 6.45) is 0. The monoisotopic (exact) mass is 301 g/mol. The van der Waals surface area contributed by atoms with Gasteiger partial charge in [0.1, 0.15) is 5.75 Å². The highest BCUT2D eigenvalue weighted by atomic mass is 32.2. The molecule has 3 nitrogen and oxygen atoms in total. The first-order valence-electron chi connectivity index (χ1n) is 6.76. The van der Waals surface area contributed by atoms with Gasteiger partial charge >= 0.3 is 0 Å². The molecule has 110 valence electrons. The summed E-state index contributed by atoms with van der Waals surface area (Å²) < 4.78 is 11.9. The number of benzene rings is 2. The fourth-order valence-corrected chi connectivity index (χ4v) is 3.13. The molecular weight excluding hydrogens is 282 g/mol. The lowest BCUT2D eigenvalue weighted by molar-refractivity contribution is -0.125. The first-order valence-corrected chi connectivity index (χ1v) is 8.24. The number of hydrogen-bond donors (Lipinski definition) is 0. The van der Waals surface area contributed by atoms with Crippen molar-refractivity contribution in [2.24, 2.45) is 0 Å². The Kier molecular flexibility index (Phi) is 5.28. The second kappa shape index (κ2) is 7.18. The molecule has 0 aromatic heterocycles. The Morgan fingerprint density at radius 3 is 2.10 bits per heavy atom. The number of rotatable bonds is 5. The van der Waals surface area contributed by atoms with Crippen LogP contribution in [-0.2, 0) is 21.3 Å². The minimum atomic E-state index is -1.16. The van der Waals surface area contributed by atoms with Crippen molar-refractivity contribution in [1.29, 1.82) is 0 Å². The summed E-state index contributed by atoms with van der Waals surface area (Å²) in [5.41, 5.74) is 3.28. The lowest BCUT2D eigenvalue weighted by Gasteiger charge is -2.10. The number of carbonyl (C=O) groups excluding carboxylic acids is 1. The summed E-state index contributed by atoms with van der Waals surface area (Å²) in [5.74, 6) is 0.386. The van der Waals surface area contributed by atoms with Crippen molar-refractivity contribution in [2.75, 3.05) is 19.8 Å². The fourth-order valence-electron chi connectivity index (χ4n) is 1.93. The first-order chi connectivity index (χ1) is 10.1. The van der Waals surface area contributed by atoms with Gasteiger partial charge in [-0.15, -0.1) is 0 Å². The van der Waals surface area contributed by atoms with E-state index in [2.05, 4.69) is 12.1 Å². The van der Waals surface area contributed by atoms with E-state index in [1.165, 1.54) is 4.90 Å². The van der Waals surface area contributed by atoms with E-state index in [9.17, 15) is 9.00 Å². The van der Waals surface area contributed by atoms with Crippen LogP contribution in [0.1, 0.15) is 5.56 Å². The number of carbonyl (C=O) groups is 1. The van der Waals surface area contributed by atoms with Crippen LogP contribution < -0.4 is 0 Å². The Balaban J connectivity index is 2.00. The minimum Gasteiger partial charge on any atom is -0.348 e. The zero-order chi connectivity index (χ0) is 15.2. The second-order valence-corrected chi connectivity index (χ2v) is 6.54. The molecule has 1 atom stereocenters. The lowest BCUT2D eigenvalue weighted by Crippen LogP contribution is -2.27. The van der Waals surface area contributed by atoms with Crippen LogP contribution in [0.4, 0.5) is 0 Å². The van der Waals surface area contributed by atoms with Crippen LogP contribution in [0.15, 0.2) is 54.6 Å². The van der Waals surface area contributed by atoms with E-state index < -0.39 is 10.8 Å². The highest BCUT2D eigenvalue weighted by molar-refractivity contribution is 7.84. The first kappa shape index (κ1) is 15.4. The molecule has 4 heteroatoms. The molecule has 2 aromatic rings. The van der Waals surface area contributed by atoms with E-state index in [1.54, 1.807) is 14.1 Å². The average molecular weight is 301 g/mol. The van der Waals surface area contributed by atoms with E-state index in [1.807, 2.05) is 42.5 Å². The van der Waals surface area contributed by atoms with E-state index >= 15 is 0 Å². The molecule has 0 saturated carbocycles. The predicted octanol–water partition coefficient (Wildman–Crippen LogP) is 2.69. The van der Waals surface area contributed by atoms with Gasteiger partial charge < -0.3 is 4.90 Å². The van der Waals surface area contributed by atoms with Gasteiger partial charge in [0, 0.05) is 30.6 Å². The summed E-state index contributed by atoms with van der Waals surface area (Å²) >= 11 is 0. The summed E-state index contributed by atoms with van der Waals surface area (Å²) in [5, 5.41) is 0. The van der Waals surface area contributed by atoms with E-state index in [0.717, 1.165) is 16.7 Å². The maximum Gasteiger partial charge on any atom is 0.234 e. The number of hydrogen-bond acceptors (Lipinski definition) is 2. The van der Waals surface area contributed by atoms with Crippen molar-refractivity contribution in [3.05, 3.63) is 60.2 Å². The van der Waals surface area contributed by atoms with Crippen molar-refractivity contribution >= 4 is 16.7 Å². The van der Waals surface area contributed by atoms with Gasteiger partial charge in [-0.2, -0.15) is 0 Å². The molecule has 2 aromatic carbocycles. The normalized spacial score (nSPS) is 11.9. The van der Waals surface area contributed by atoms with Crippen LogP contribution in [0, 0.1) is 0 Å². The molecule has 0 unspecified atom stereocenters. The van der Waals surface area contributed by atoms with Gasteiger partial charge in [0.15, 0.2) is 0 Å². The lowest BCUT2D eigenvalue weighted by atomic mass is 10.0. The maximum absolute atomic E-state index is 11.9. The molecule has 0 aliphatic carbocycles. The van der Waals surface area contributed by atoms with E-state index in [4.69, 9.17) is 0 Å². The van der Waals surface area contributed by atoms with Crippen LogP contribution in [0.3, 0.4) is 0 Å². The molecule has 0 radical (unpaired) electrons. The highest BCUT2D eigenvalue weighted by Crippen LogP contribution is 2.19. The maximum atomic E-state index is 11.9. The third kappa shape index (κ3) is 4.53. The molecule has 0 aliphatic heterocycles. The van der Waals surface area contributed by atoms with E-state index in [-0.39, 0.29) is 11.7 Å². The Morgan fingerprint density at radius 1 is 0.952 bits per heavy atom. The zero-order valence-corrected chi connectivity index (χ0v) is 13.1. The van der Waals surface area contributed by atoms with Crippen LogP contribution >= 0.6 is 0 Å². The van der Waals surface area contributed by atoms with Gasteiger partial charge in [-0.1, -0.05) is 54.6 Å². The number of nitrogens with zero attached hydrogens (tertiary/aromatic N) is 1. The second-order valence-electron chi connectivity index (χ2n) is 5.08. The quantitative estimate of drug-likeness (QED) is 0.851. The topological polar surface area (TPSA) is 37.4 Å². The fraction of sp³-hybridized carbons (Fsp3) is 0.235. The molecule has 21 heavy (non-hydrogen) atoms. The van der Waals surface area contributed by atoms with Gasteiger partial charge in [-0.3, -0.25) is 9.00 Å². The van der Waals surface area contributed by atoms with Crippen LogP contribution in [-0.4, -0.2) is 34.9 Å². The average Bonchev–Trinajstić information content (AvgIpc) is 2.48. The third-order valence-corrected chi connectivity index (χ3v) is 4.40. The molecule has 0 fully saturated rings. The summed E-state index contributed by atoms with van der Waals surface area (Å²) in [7, 11) is 2.19. The largest absolute Gasteiger partial charge is 0.348 e. The Hall–Kier alpha value is -1.94. The van der Waals surface area contributed by atoms with Crippen LogP contribution in [0.5, 0.6) is 0 Å². The summed E-state index contributed by atoms with van der Waals surface area (Å²) in [4.78, 5) is 13.0. The van der Waals surface area contributed by atoms with Crippen LogP contribution in [0.2, 0.25) is 0 Å². The van der Waals surface area contributed by atoms with Crippen molar-refractivity contribution in [2.45, 2.75) is 5.75 Å². The standard InChI is InChI=1S/C17H19NO2S/c1-18(2)17(19)13-21(20)12-14-8-10-16(11-9-14)15-6-4-3-5-7-15/h3-11H,12-13H2,1-2H3/t21-/m0/s1. The summed E-state index contributed by atoms with van der Waals surface area (Å²) in [6.45, 7) is 0. The van der Waals surface area contributed by atoms with Crippen LogP contribution in [0.25, 0.3) is 11.1 Å². The summed E-state index contributed by atoms with van der Waals surface area (Å²) in [6, 6.07) is 18.1. The Labute approximate surface area is 128 Å². The van der Waals surface area contributed by atoms with Crippen molar-refractivity contribution in [3.63, 3.8) is 0 Å². The van der Waals surface area contributed by atoms with E-state index in [0.29, 0.717) is 5.75 Å². The number of amides is 1. The highest BCUT2D eigenvalue weighted by Gasteiger charge is 2.10. The van der Waals surface area contributed by atoms with Crippen molar-refractivity contribution in [3.8, 4) is 11.1 Å². The molecule has 0 heterocycles. The zero-order valence-electron chi connectivity index (χ0n) is 12.3. The molecule has 0 aliphatic rings. The smallest absolute Gasteiger partial charge is 0.234 e. The molecule has 0 N–H and O–H groups in total. The van der Waals surface area contributed by atoms with Gasteiger partial charge in [0.05, 0.1) is 0 Å². The third-order valence-electron chi connectivity index (χ3n) is 3.17. The Morgan fingerprint density at radius 2 is 1.52 bits per heavy atom. The minimum absolute atomic E-state index is 0.0768. The molecule has 2 rings (SSSR count). The molecule has 0 saturated heterocycles. The SMILES string of the molecule is CN(C)C(=O)C[S@@](=O)Cc1ccc(-c2ccccc2)cc1. The Bertz CT molecular complexity index is 621. The van der Waals surface area contributed by atoms with Gasteiger partial charge in [-0.25, -0.2) is 0 Å². The van der Waals surface area contributed by atoms with Crippen molar-refractivity contribution < 1.29 is 9.00 Å². The molecule has 1 amide bonds. The molecule has 0 bridgehead atoms. The molecular formula is C17H19NO2S. The van der Waals surface area contributed by atoms with Gasteiger partial charge in [0.25, 0.3) is 0 Å². The predicted molar refractivity (Wildman–Crippen MR) is 87.3 cm³/mol. The van der Waals surface area contributed by atoms with Crippen molar-refractivity contribution in [1.82, 2.24) is 4.90 Å².